The molecular weight excluding hydrogens is 350 g/mol. The molecule has 0 saturated carbocycles. The molecule has 140 valence electrons. The molecule has 0 atom stereocenters. The molecule has 0 aliphatic heterocycles. The molecule has 0 saturated heterocycles. The third-order valence-corrected chi connectivity index (χ3v) is 3.80. The second-order valence-electron chi connectivity index (χ2n) is 5.86. The number of aryl methyl sites for hydroxylation is 1. The predicted octanol–water partition coefficient (Wildman–Crippen LogP) is 1.69. The number of amides is 1. The van der Waals surface area contributed by atoms with Gasteiger partial charge < -0.3 is 26.0 Å². The zero-order valence-corrected chi connectivity index (χ0v) is 15.1. The van der Waals surface area contributed by atoms with E-state index in [1.54, 1.807) is 19.2 Å². The van der Waals surface area contributed by atoms with E-state index in [4.69, 9.17) is 15.6 Å². The van der Waals surface area contributed by atoms with Crippen LogP contribution in [0.1, 0.15) is 35.9 Å². The summed E-state index contributed by atoms with van der Waals surface area (Å²) in [6.45, 7) is 5.57. The highest BCUT2D eigenvalue weighted by Crippen LogP contribution is 2.23. The van der Waals surface area contributed by atoms with Gasteiger partial charge in [-0.2, -0.15) is 10.1 Å². The fourth-order valence-corrected chi connectivity index (χ4v) is 2.58. The first-order valence-corrected chi connectivity index (χ1v) is 8.17. The summed E-state index contributed by atoms with van der Waals surface area (Å²) >= 11 is 0. The molecule has 1 amide bonds. The van der Waals surface area contributed by atoms with Crippen LogP contribution in [-0.2, 0) is 0 Å². The molecule has 5 N–H and O–H groups in total. The molecule has 10 heteroatoms. The minimum atomic E-state index is -0.668. The standard InChI is InChI=1S/C17H19N7O3/c1-4-20-14(15(25)9(3)18)17-22-12(7-27-17)24-11-6-21-8(2)5-10(11)13(23-24)16(19)26/h5-7,18,20,25H,4H2,1-3H3,(H2,19,26)/b15-14+,18-9?. The Morgan fingerprint density at radius 3 is 2.85 bits per heavy atom. The van der Waals surface area contributed by atoms with E-state index in [2.05, 4.69) is 20.4 Å². The molecule has 0 bridgehead atoms. The van der Waals surface area contributed by atoms with Crippen molar-refractivity contribution in [2.75, 3.05) is 6.54 Å². The number of pyridine rings is 1. The maximum atomic E-state index is 11.7. The van der Waals surface area contributed by atoms with Crippen LogP contribution in [0.25, 0.3) is 22.4 Å². The van der Waals surface area contributed by atoms with Gasteiger partial charge >= 0.3 is 0 Å². The fraction of sp³-hybridized carbons (Fsp3) is 0.235. The molecule has 0 spiro atoms. The number of hydrogen-bond acceptors (Lipinski definition) is 8. The van der Waals surface area contributed by atoms with Crippen LogP contribution in [0.2, 0.25) is 0 Å². The molecule has 0 fully saturated rings. The van der Waals surface area contributed by atoms with Crippen molar-refractivity contribution in [3.05, 3.63) is 41.6 Å². The van der Waals surface area contributed by atoms with Gasteiger partial charge in [-0.1, -0.05) is 0 Å². The van der Waals surface area contributed by atoms with E-state index < -0.39 is 5.91 Å². The van der Waals surface area contributed by atoms with Gasteiger partial charge in [0.25, 0.3) is 5.91 Å². The summed E-state index contributed by atoms with van der Waals surface area (Å²) in [6.07, 6.45) is 2.90. The van der Waals surface area contributed by atoms with Crippen LogP contribution in [0.3, 0.4) is 0 Å². The molecule has 0 radical (unpaired) electrons. The first-order valence-electron chi connectivity index (χ1n) is 8.17. The average Bonchev–Trinajstić information content (AvgIpc) is 3.23. The lowest BCUT2D eigenvalue weighted by atomic mass is 10.2. The van der Waals surface area contributed by atoms with Crippen LogP contribution >= 0.6 is 0 Å². The average molecular weight is 369 g/mol. The number of rotatable bonds is 6. The molecule has 3 rings (SSSR count). The van der Waals surface area contributed by atoms with Crippen molar-refractivity contribution in [1.29, 1.82) is 5.41 Å². The number of fused-ring (bicyclic) bond motifs is 1. The van der Waals surface area contributed by atoms with Crippen LogP contribution < -0.4 is 11.1 Å². The smallest absolute Gasteiger partial charge is 0.269 e. The van der Waals surface area contributed by atoms with Crippen LogP contribution in [0.5, 0.6) is 0 Å². The van der Waals surface area contributed by atoms with E-state index in [0.29, 0.717) is 23.1 Å². The van der Waals surface area contributed by atoms with Crippen molar-refractivity contribution in [2.24, 2.45) is 5.73 Å². The Labute approximate surface area is 154 Å². The van der Waals surface area contributed by atoms with E-state index in [1.165, 1.54) is 17.9 Å². The normalized spacial score (nSPS) is 12.1. The van der Waals surface area contributed by atoms with Gasteiger partial charge in [-0.25, -0.2) is 4.68 Å². The Bertz CT molecular complexity index is 1080. The third-order valence-electron chi connectivity index (χ3n) is 3.80. The molecule has 0 unspecified atom stereocenters. The maximum absolute atomic E-state index is 11.7. The predicted molar refractivity (Wildman–Crippen MR) is 98.8 cm³/mol. The second-order valence-corrected chi connectivity index (χ2v) is 5.86. The van der Waals surface area contributed by atoms with Crippen molar-refractivity contribution in [3.63, 3.8) is 0 Å². The number of oxazole rings is 1. The lowest BCUT2D eigenvalue weighted by Crippen LogP contribution is -2.16. The lowest BCUT2D eigenvalue weighted by Gasteiger charge is -2.07. The van der Waals surface area contributed by atoms with Crippen LogP contribution in [0.15, 0.2) is 28.7 Å². The lowest BCUT2D eigenvalue weighted by molar-refractivity contribution is 0.0996. The SMILES string of the molecule is CCN/C(=C(/O)C(C)=N)c1nc(-n2nc(C(N)=O)c3cc(C)ncc32)co1. The Morgan fingerprint density at radius 2 is 2.22 bits per heavy atom. The number of aliphatic hydroxyl groups is 1. The van der Waals surface area contributed by atoms with E-state index in [0.717, 1.165) is 0 Å². The molecular formula is C17H19N7O3. The molecule has 10 nitrogen and oxygen atoms in total. The summed E-state index contributed by atoms with van der Waals surface area (Å²) in [5, 5.41) is 25.5. The highest BCUT2D eigenvalue weighted by atomic mass is 16.3. The van der Waals surface area contributed by atoms with Gasteiger partial charge in [-0.05, 0) is 26.8 Å². The fourth-order valence-electron chi connectivity index (χ4n) is 2.58. The monoisotopic (exact) mass is 369 g/mol. The van der Waals surface area contributed by atoms with E-state index in [9.17, 15) is 9.90 Å². The quantitative estimate of drug-likeness (QED) is 0.380. The number of carbonyl (C=O) groups is 1. The number of aromatic nitrogens is 4. The van der Waals surface area contributed by atoms with Gasteiger partial charge in [0.1, 0.15) is 12.0 Å². The number of carbonyl (C=O) groups excluding carboxylic acids is 1. The molecule has 3 aromatic rings. The first kappa shape index (κ1) is 18.1. The number of aliphatic hydroxyl groups excluding tert-OH is 1. The minimum absolute atomic E-state index is 0.0362. The number of nitrogens with one attached hydrogen (secondary N) is 2. The summed E-state index contributed by atoms with van der Waals surface area (Å²) in [7, 11) is 0. The van der Waals surface area contributed by atoms with Crippen molar-refractivity contribution >= 4 is 28.2 Å². The molecule has 3 heterocycles. The molecule has 3 aromatic heterocycles. The Kier molecular flexibility index (Phi) is 4.63. The maximum Gasteiger partial charge on any atom is 0.269 e. The summed E-state index contributed by atoms with van der Waals surface area (Å²) in [5.41, 5.74) is 6.94. The zero-order valence-electron chi connectivity index (χ0n) is 15.1. The Morgan fingerprint density at radius 1 is 1.48 bits per heavy atom. The van der Waals surface area contributed by atoms with Crippen molar-refractivity contribution in [2.45, 2.75) is 20.8 Å². The molecule has 0 aliphatic rings. The van der Waals surface area contributed by atoms with Gasteiger partial charge in [0, 0.05) is 17.6 Å². The largest absolute Gasteiger partial charge is 0.504 e. The van der Waals surface area contributed by atoms with Gasteiger partial charge in [0.15, 0.2) is 17.3 Å². The number of nitrogens with two attached hydrogens (primary N) is 1. The third kappa shape index (κ3) is 3.24. The van der Waals surface area contributed by atoms with Crippen LogP contribution in [0, 0.1) is 12.3 Å². The van der Waals surface area contributed by atoms with Crippen molar-refractivity contribution in [1.82, 2.24) is 25.1 Å². The van der Waals surface area contributed by atoms with Crippen molar-refractivity contribution < 1.29 is 14.3 Å². The van der Waals surface area contributed by atoms with Gasteiger partial charge in [-0.15, -0.1) is 0 Å². The number of nitrogens with zero attached hydrogens (tertiary/aromatic N) is 4. The summed E-state index contributed by atoms with van der Waals surface area (Å²) in [4.78, 5) is 20.3. The van der Waals surface area contributed by atoms with Crippen LogP contribution in [-0.4, -0.2) is 43.0 Å². The first-order chi connectivity index (χ1) is 12.8. The zero-order chi connectivity index (χ0) is 19.7. The van der Waals surface area contributed by atoms with Gasteiger partial charge in [0.2, 0.25) is 5.89 Å². The topological polar surface area (TPSA) is 156 Å². The second kappa shape index (κ2) is 6.90. The highest BCUT2D eigenvalue weighted by molar-refractivity contribution is 6.04. The molecule has 27 heavy (non-hydrogen) atoms. The summed E-state index contributed by atoms with van der Waals surface area (Å²) in [5.74, 6) is -0.580. The van der Waals surface area contributed by atoms with Gasteiger partial charge in [-0.3, -0.25) is 9.78 Å². The minimum Gasteiger partial charge on any atom is -0.504 e. The van der Waals surface area contributed by atoms with E-state index in [-0.39, 0.29) is 34.6 Å². The summed E-state index contributed by atoms with van der Waals surface area (Å²) in [6, 6.07) is 1.72. The number of primary amides is 1. The molecule has 0 aromatic carbocycles. The van der Waals surface area contributed by atoms with E-state index >= 15 is 0 Å². The van der Waals surface area contributed by atoms with Gasteiger partial charge in [0.05, 0.1) is 17.4 Å². The van der Waals surface area contributed by atoms with Crippen molar-refractivity contribution in [3.8, 4) is 5.82 Å². The summed E-state index contributed by atoms with van der Waals surface area (Å²) < 4.78 is 6.86. The highest BCUT2D eigenvalue weighted by Gasteiger charge is 2.21. The van der Waals surface area contributed by atoms with Crippen LogP contribution in [0.4, 0.5) is 0 Å². The Hall–Kier alpha value is -3.69. The molecule has 0 aliphatic carbocycles. The van der Waals surface area contributed by atoms with E-state index in [1.807, 2.05) is 6.92 Å². The number of hydrogen-bond donors (Lipinski definition) is 4. The Balaban J connectivity index is 2.16. The number of allylic oxidation sites excluding steroid dienone is 1.